The standard InChI is InChI=1S/C24H28FN3O4/c1-13(2)16-8-14(9-17-22(16)32-7-6-27(17)3)18(29)12-28-11-15-10-19(30-4)23(31-5)21(25)20(15)24(28)26/h8-10,13,26H,6-7,11-12H2,1-5H3. The molecule has 8 heteroatoms. The molecular formula is C24H28FN3O4. The van der Waals surface area contributed by atoms with E-state index in [4.69, 9.17) is 19.6 Å². The van der Waals surface area contributed by atoms with Gasteiger partial charge in [0.2, 0.25) is 0 Å². The number of methoxy groups -OCH3 is 2. The number of hydrogen-bond acceptors (Lipinski definition) is 6. The fraction of sp³-hybridized carbons (Fsp3) is 0.417. The van der Waals surface area contributed by atoms with Gasteiger partial charge in [0.05, 0.1) is 38.6 Å². The van der Waals surface area contributed by atoms with Crippen LogP contribution in [0.5, 0.6) is 17.2 Å². The van der Waals surface area contributed by atoms with E-state index in [2.05, 4.69) is 18.7 Å². The van der Waals surface area contributed by atoms with Gasteiger partial charge in [0.25, 0.3) is 0 Å². The minimum Gasteiger partial charge on any atom is -0.493 e. The van der Waals surface area contributed by atoms with Crippen LogP contribution in [0.2, 0.25) is 0 Å². The van der Waals surface area contributed by atoms with E-state index in [1.165, 1.54) is 14.2 Å². The first-order valence-corrected chi connectivity index (χ1v) is 10.6. The van der Waals surface area contributed by atoms with Crippen LogP contribution in [-0.2, 0) is 6.54 Å². The number of halogens is 1. The first kappa shape index (κ1) is 21.9. The molecule has 0 amide bonds. The second kappa shape index (κ2) is 8.33. The molecule has 170 valence electrons. The maximum absolute atomic E-state index is 15.0. The second-order valence-corrected chi connectivity index (χ2v) is 8.43. The van der Waals surface area contributed by atoms with Crippen LogP contribution in [0, 0.1) is 11.2 Å². The molecule has 2 heterocycles. The Labute approximate surface area is 187 Å². The molecule has 0 spiro atoms. The van der Waals surface area contributed by atoms with Crippen LogP contribution in [0.4, 0.5) is 10.1 Å². The highest BCUT2D eigenvalue weighted by molar-refractivity contribution is 6.06. The van der Waals surface area contributed by atoms with Gasteiger partial charge in [-0.2, -0.15) is 0 Å². The molecular weight excluding hydrogens is 413 g/mol. The maximum Gasteiger partial charge on any atom is 0.197 e. The third kappa shape index (κ3) is 3.53. The number of likely N-dealkylation sites (N-methyl/N-ethyl adjacent to an activating group) is 1. The quantitative estimate of drug-likeness (QED) is 0.687. The van der Waals surface area contributed by atoms with Crippen molar-refractivity contribution in [3.63, 3.8) is 0 Å². The van der Waals surface area contributed by atoms with E-state index >= 15 is 4.39 Å². The van der Waals surface area contributed by atoms with Crippen LogP contribution >= 0.6 is 0 Å². The SMILES string of the molecule is COc1cc2c(c(F)c1OC)C(=N)N(CC(=O)c1cc(C(C)C)c3c(c1)N(C)CCO3)C2. The molecule has 0 aliphatic carbocycles. The van der Waals surface area contributed by atoms with Crippen LogP contribution in [-0.4, -0.2) is 57.5 Å². The van der Waals surface area contributed by atoms with Crippen LogP contribution in [0.3, 0.4) is 0 Å². The summed E-state index contributed by atoms with van der Waals surface area (Å²) in [5, 5.41) is 8.49. The molecule has 7 nitrogen and oxygen atoms in total. The lowest BCUT2D eigenvalue weighted by Crippen LogP contribution is -2.32. The van der Waals surface area contributed by atoms with Crippen molar-refractivity contribution in [3.05, 3.63) is 46.3 Å². The highest BCUT2D eigenvalue weighted by Gasteiger charge is 2.33. The molecule has 0 fully saturated rings. The van der Waals surface area contributed by atoms with Crippen LogP contribution in [0.15, 0.2) is 18.2 Å². The molecule has 0 aromatic heterocycles. The second-order valence-electron chi connectivity index (χ2n) is 8.43. The van der Waals surface area contributed by atoms with E-state index in [0.29, 0.717) is 17.7 Å². The van der Waals surface area contributed by atoms with Crippen molar-refractivity contribution in [3.8, 4) is 17.2 Å². The smallest absolute Gasteiger partial charge is 0.197 e. The van der Waals surface area contributed by atoms with E-state index in [1.54, 1.807) is 11.0 Å². The fourth-order valence-corrected chi connectivity index (χ4v) is 4.29. The molecule has 2 aromatic carbocycles. The molecule has 0 saturated heterocycles. The monoisotopic (exact) mass is 441 g/mol. The molecule has 0 saturated carbocycles. The Hall–Kier alpha value is -3.29. The van der Waals surface area contributed by atoms with Gasteiger partial charge < -0.3 is 24.0 Å². The molecule has 4 rings (SSSR count). The number of ketones is 1. The first-order valence-electron chi connectivity index (χ1n) is 10.6. The zero-order chi connectivity index (χ0) is 23.2. The number of fused-ring (bicyclic) bond motifs is 2. The molecule has 1 N–H and O–H groups in total. The van der Waals surface area contributed by atoms with Crippen molar-refractivity contribution < 1.29 is 23.4 Å². The van der Waals surface area contributed by atoms with Crippen LogP contribution < -0.4 is 19.1 Å². The van der Waals surface area contributed by atoms with Gasteiger partial charge in [-0.15, -0.1) is 0 Å². The summed E-state index contributed by atoms with van der Waals surface area (Å²) in [7, 11) is 4.78. The molecule has 0 atom stereocenters. The Morgan fingerprint density at radius 1 is 1.25 bits per heavy atom. The van der Waals surface area contributed by atoms with Crippen LogP contribution in [0.1, 0.15) is 46.8 Å². The third-order valence-electron chi connectivity index (χ3n) is 6.07. The summed E-state index contributed by atoms with van der Waals surface area (Å²) >= 11 is 0. The van der Waals surface area contributed by atoms with E-state index in [-0.39, 0.29) is 47.7 Å². The molecule has 0 bridgehead atoms. The normalized spacial score (nSPS) is 14.9. The van der Waals surface area contributed by atoms with Gasteiger partial charge in [0.1, 0.15) is 18.2 Å². The Morgan fingerprint density at radius 2 is 2.00 bits per heavy atom. The summed E-state index contributed by atoms with van der Waals surface area (Å²) < 4.78 is 31.3. The highest BCUT2D eigenvalue weighted by atomic mass is 19.1. The van der Waals surface area contributed by atoms with Crippen molar-refractivity contribution >= 4 is 17.3 Å². The van der Waals surface area contributed by atoms with E-state index in [0.717, 1.165) is 23.5 Å². The first-order chi connectivity index (χ1) is 15.3. The number of nitrogens with zero attached hydrogens (tertiary/aromatic N) is 2. The summed E-state index contributed by atoms with van der Waals surface area (Å²) in [5.74, 6) is 0.433. The molecule has 2 aromatic rings. The van der Waals surface area contributed by atoms with Gasteiger partial charge in [-0.1, -0.05) is 13.8 Å². The van der Waals surface area contributed by atoms with Gasteiger partial charge >= 0.3 is 0 Å². The van der Waals surface area contributed by atoms with Crippen molar-refractivity contribution in [2.24, 2.45) is 0 Å². The Morgan fingerprint density at radius 3 is 2.66 bits per heavy atom. The maximum atomic E-state index is 15.0. The summed E-state index contributed by atoms with van der Waals surface area (Å²) in [6.07, 6.45) is 0. The molecule has 2 aliphatic heterocycles. The summed E-state index contributed by atoms with van der Waals surface area (Å²) in [6, 6.07) is 5.39. The lowest BCUT2D eigenvalue weighted by Gasteiger charge is -2.31. The zero-order valence-electron chi connectivity index (χ0n) is 19.0. The zero-order valence-corrected chi connectivity index (χ0v) is 19.0. The topological polar surface area (TPSA) is 75.1 Å². The number of Topliss-reactive ketones (excluding diaryl/α,β-unsaturated/α-hetero) is 1. The molecule has 32 heavy (non-hydrogen) atoms. The van der Waals surface area contributed by atoms with Crippen molar-refractivity contribution in [2.75, 3.05) is 45.9 Å². The lowest BCUT2D eigenvalue weighted by atomic mass is 9.95. The van der Waals surface area contributed by atoms with Gasteiger partial charge in [-0.05, 0) is 35.2 Å². The van der Waals surface area contributed by atoms with Crippen molar-refractivity contribution in [2.45, 2.75) is 26.3 Å². The largest absolute Gasteiger partial charge is 0.493 e. The predicted molar refractivity (Wildman–Crippen MR) is 120 cm³/mol. The van der Waals surface area contributed by atoms with E-state index in [9.17, 15) is 4.79 Å². The number of carbonyl (C=O) groups is 1. The number of carbonyl (C=O) groups excluding carboxylic acids is 1. The minimum atomic E-state index is -0.642. The van der Waals surface area contributed by atoms with Gasteiger partial charge in [0.15, 0.2) is 23.1 Å². The summed E-state index contributed by atoms with van der Waals surface area (Å²) in [4.78, 5) is 16.9. The number of benzene rings is 2. The average molecular weight is 442 g/mol. The number of ether oxygens (including phenoxy) is 3. The van der Waals surface area contributed by atoms with E-state index < -0.39 is 5.82 Å². The van der Waals surface area contributed by atoms with Gasteiger partial charge in [0, 0.05) is 19.2 Å². The Balaban J connectivity index is 1.64. The number of rotatable bonds is 6. The van der Waals surface area contributed by atoms with Crippen molar-refractivity contribution in [1.82, 2.24) is 4.90 Å². The number of nitrogens with one attached hydrogen (secondary N) is 1. The highest BCUT2D eigenvalue weighted by Crippen LogP contribution is 2.40. The molecule has 0 radical (unpaired) electrons. The predicted octanol–water partition coefficient (Wildman–Crippen LogP) is 3.82. The summed E-state index contributed by atoms with van der Waals surface area (Å²) in [5.41, 5.74) is 3.18. The van der Waals surface area contributed by atoms with E-state index in [1.807, 2.05) is 19.2 Å². The molecule has 0 unspecified atom stereocenters. The van der Waals surface area contributed by atoms with Gasteiger partial charge in [-0.25, -0.2) is 4.39 Å². The number of anilines is 1. The fourth-order valence-electron chi connectivity index (χ4n) is 4.29. The number of amidine groups is 1. The lowest BCUT2D eigenvalue weighted by molar-refractivity contribution is 0.0962. The third-order valence-corrected chi connectivity index (χ3v) is 6.07. The molecule has 2 aliphatic rings. The minimum absolute atomic E-state index is 0.0293. The number of hydrogen-bond donors (Lipinski definition) is 1. The van der Waals surface area contributed by atoms with Crippen LogP contribution in [0.25, 0.3) is 0 Å². The van der Waals surface area contributed by atoms with Crippen molar-refractivity contribution in [1.29, 1.82) is 5.41 Å². The Kier molecular flexibility index (Phi) is 5.71. The van der Waals surface area contributed by atoms with Gasteiger partial charge in [-0.3, -0.25) is 10.2 Å². The average Bonchev–Trinajstić information content (AvgIpc) is 3.08. The Bertz CT molecular complexity index is 1080. The summed E-state index contributed by atoms with van der Waals surface area (Å²) in [6.45, 7) is 5.71.